The van der Waals surface area contributed by atoms with Gasteiger partial charge in [0.25, 0.3) is 0 Å². The van der Waals surface area contributed by atoms with Gasteiger partial charge in [0, 0.05) is 19.0 Å². The molecule has 0 radical (unpaired) electrons. The average Bonchev–Trinajstić information content (AvgIpc) is 3.46. The molecule has 1 amide bonds. The van der Waals surface area contributed by atoms with E-state index in [4.69, 9.17) is 11.6 Å². The summed E-state index contributed by atoms with van der Waals surface area (Å²) in [4.78, 5) is 19.7. The summed E-state index contributed by atoms with van der Waals surface area (Å²) < 4.78 is 42.9. The second-order valence-electron chi connectivity index (χ2n) is 8.13. The van der Waals surface area contributed by atoms with Crippen LogP contribution in [0.3, 0.4) is 0 Å². The number of hydrogen-bond donors (Lipinski definition) is 1. The van der Waals surface area contributed by atoms with Gasteiger partial charge in [0.1, 0.15) is 6.54 Å². The first-order valence-electron chi connectivity index (χ1n) is 11.0. The molecule has 3 aromatic rings. The van der Waals surface area contributed by atoms with Crippen LogP contribution < -0.4 is 5.32 Å². The summed E-state index contributed by atoms with van der Waals surface area (Å²) in [5, 5.41) is 5.99. The molecule has 33 heavy (non-hydrogen) atoms. The zero-order valence-corrected chi connectivity index (χ0v) is 19.2. The molecule has 4 rings (SSSR count). The lowest BCUT2D eigenvalue weighted by Gasteiger charge is -2.19. The highest BCUT2D eigenvalue weighted by Crippen LogP contribution is 2.46. The number of anilines is 1. The van der Waals surface area contributed by atoms with Crippen LogP contribution >= 0.6 is 11.6 Å². The fourth-order valence-corrected chi connectivity index (χ4v) is 4.38. The molecular weight excluding hydrogens is 457 g/mol. The molecule has 1 fully saturated rings. The van der Waals surface area contributed by atoms with Crippen molar-refractivity contribution in [3.63, 3.8) is 0 Å². The van der Waals surface area contributed by atoms with Crippen molar-refractivity contribution in [2.75, 3.05) is 25.0 Å². The summed E-state index contributed by atoms with van der Waals surface area (Å²) in [6.07, 6.45) is -3.22. The molecule has 1 aromatic carbocycles. The van der Waals surface area contributed by atoms with E-state index in [-0.39, 0.29) is 18.2 Å². The number of aromatic nitrogens is 4. The van der Waals surface area contributed by atoms with Crippen molar-refractivity contribution in [1.82, 2.24) is 24.2 Å². The van der Waals surface area contributed by atoms with Gasteiger partial charge in [-0.3, -0.25) is 14.8 Å². The number of likely N-dealkylation sites (N-methyl/N-ethyl adjacent to an activating group) is 1. The van der Waals surface area contributed by atoms with Crippen molar-refractivity contribution in [3.05, 3.63) is 40.7 Å². The minimum absolute atomic E-state index is 0.104. The predicted octanol–water partition coefficient (Wildman–Crippen LogP) is 4.76. The minimum Gasteiger partial charge on any atom is -0.309 e. The van der Waals surface area contributed by atoms with Crippen LogP contribution in [-0.2, 0) is 24.1 Å². The summed E-state index contributed by atoms with van der Waals surface area (Å²) in [7, 11) is 0. The lowest BCUT2D eigenvalue weighted by Crippen LogP contribution is -2.28. The zero-order valence-electron chi connectivity index (χ0n) is 18.5. The first-order chi connectivity index (χ1) is 15.7. The number of alkyl halides is 3. The number of rotatable bonds is 9. The number of carbonyl (C=O) groups excluding carboxylic acids is 1. The maximum absolute atomic E-state index is 13.3. The van der Waals surface area contributed by atoms with Crippen molar-refractivity contribution >= 4 is 34.5 Å². The summed E-state index contributed by atoms with van der Waals surface area (Å²) in [5.74, 6) is -0.257. The lowest BCUT2D eigenvalue weighted by molar-refractivity contribution is -0.141. The van der Waals surface area contributed by atoms with Crippen LogP contribution in [0.15, 0.2) is 24.3 Å². The summed E-state index contributed by atoms with van der Waals surface area (Å²) >= 11 is 6.01. The molecule has 2 heterocycles. The molecule has 7 nitrogen and oxygen atoms in total. The highest BCUT2D eigenvalue weighted by molar-refractivity contribution is 6.32. The topological polar surface area (TPSA) is 68.0 Å². The fourth-order valence-electron chi connectivity index (χ4n) is 3.98. The number of nitrogens with zero attached hydrogens (tertiary/aromatic N) is 5. The molecule has 1 aliphatic rings. The van der Waals surface area contributed by atoms with E-state index < -0.39 is 22.8 Å². The van der Waals surface area contributed by atoms with Gasteiger partial charge in [-0.1, -0.05) is 37.6 Å². The highest BCUT2D eigenvalue weighted by Gasteiger charge is 2.42. The van der Waals surface area contributed by atoms with Gasteiger partial charge in [0.2, 0.25) is 11.9 Å². The molecule has 178 valence electrons. The largest absolute Gasteiger partial charge is 0.436 e. The van der Waals surface area contributed by atoms with E-state index in [2.05, 4.69) is 34.1 Å². The van der Waals surface area contributed by atoms with Crippen molar-refractivity contribution in [1.29, 1.82) is 0 Å². The van der Waals surface area contributed by atoms with E-state index in [0.717, 1.165) is 48.2 Å². The second-order valence-corrected chi connectivity index (χ2v) is 8.51. The van der Waals surface area contributed by atoms with Crippen LogP contribution in [0, 0.1) is 0 Å². The van der Waals surface area contributed by atoms with Crippen molar-refractivity contribution in [3.8, 4) is 0 Å². The Morgan fingerprint density at radius 2 is 1.94 bits per heavy atom. The van der Waals surface area contributed by atoms with Gasteiger partial charge in [0.15, 0.2) is 5.69 Å². The van der Waals surface area contributed by atoms with E-state index in [9.17, 15) is 18.0 Å². The summed E-state index contributed by atoms with van der Waals surface area (Å²) in [6.45, 7) is 6.97. The van der Waals surface area contributed by atoms with Crippen molar-refractivity contribution in [2.24, 2.45) is 0 Å². The van der Waals surface area contributed by atoms with Gasteiger partial charge in [-0.15, -0.1) is 0 Å². The SMILES string of the molecule is CCN(CC)CCn1c(NC(=O)Cn2nc(C(F)(F)F)c(Cl)c2C2CC2)nc2ccccc21. The number of hydrogen-bond acceptors (Lipinski definition) is 4. The van der Waals surface area contributed by atoms with Gasteiger partial charge in [-0.2, -0.15) is 18.3 Å². The average molecular weight is 483 g/mol. The Morgan fingerprint density at radius 3 is 2.58 bits per heavy atom. The Bertz CT molecular complexity index is 1150. The Morgan fingerprint density at radius 1 is 1.24 bits per heavy atom. The Kier molecular flexibility index (Phi) is 6.67. The van der Waals surface area contributed by atoms with E-state index >= 15 is 0 Å². The number of halogens is 4. The summed E-state index contributed by atoms with van der Waals surface area (Å²) in [5.41, 5.74) is 0.729. The first kappa shape index (κ1) is 23.6. The molecule has 1 aliphatic carbocycles. The van der Waals surface area contributed by atoms with E-state index in [1.807, 2.05) is 28.8 Å². The number of benzene rings is 1. The number of fused-ring (bicyclic) bond motifs is 1. The van der Waals surface area contributed by atoms with Crippen LogP contribution in [0.1, 0.15) is 44.0 Å². The van der Waals surface area contributed by atoms with Crippen molar-refractivity contribution in [2.45, 2.75) is 51.9 Å². The maximum atomic E-state index is 13.3. The molecule has 1 saturated carbocycles. The Hall–Kier alpha value is -2.59. The predicted molar refractivity (Wildman–Crippen MR) is 120 cm³/mol. The molecule has 0 aliphatic heterocycles. The first-order valence-corrected chi connectivity index (χ1v) is 11.4. The number of nitrogens with one attached hydrogen (secondary N) is 1. The van der Waals surface area contributed by atoms with Gasteiger partial charge < -0.3 is 9.47 Å². The normalized spacial score (nSPS) is 14.4. The molecule has 0 atom stereocenters. The third kappa shape index (κ3) is 5.01. The lowest BCUT2D eigenvalue weighted by atomic mass is 10.2. The van der Waals surface area contributed by atoms with Gasteiger partial charge in [0.05, 0.1) is 21.7 Å². The number of para-hydroxylation sites is 2. The maximum Gasteiger partial charge on any atom is 0.436 e. The van der Waals surface area contributed by atoms with E-state index in [1.54, 1.807) is 0 Å². The third-order valence-corrected chi connectivity index (χ3v) is 6.27. The molecule has 0 spiro atoms. The molecule has 2 aromatic heterocycles. The minimum atomic E-state index is -4.68. The number of amides is 1. The molecule has 1 N–H and O–H groups in total. The Labute approximate surface area is 194 Å². The third-order valence-electron chi connectivity index (χ3n) is 5.90. The Balaban J connectivity index is 1.58. The molecule has 11 heteroatoms. The molecule has 0 unspecified atom stereocenters. The van der Waals surface area contributed by atoms with E-state index in [0.29, 0.717) is 12.5 Å². The fraction of sp³-hybridized carbons (Fsp3) is 0.500. The smallest absolute Gasteiger partial charge is 0.309 e. The van der Waals surface area contributed by atoms with Crippen LogP contribution in [0.25, 0.3) is 11.0 Å². The number of imidazole rings is 1. The van der Waals surface area contributed by atoms with Gasteiger partial charge in [-0.25, -0.2) is 4.98 Å². The monoisotopic (exact) mass is 482 g/mol. The standard InChI is InChI=1S/C22H26ClF3N6O/c1-3-30(4-2)11-12-31-16-8-6-5-7-15(16)27-21(31)28-17(33)13-32-19(14-9-10-14)18(23)20(29-32)22(24,25)26/h5-8,14H,3-4,9-13H2,1-2H3,(H,27,28,33). The van der Waals surface area contributed by atoms with Crippen molar-refractivity contribution < 1.29 is 18.0 Å². The van der Waals surface area contributed by atoms with Crippen LogP contribution in [-0.4, -0.2) is 49.8 Å². The molecule has 0 bridgehead atoms. The van der Waals surface area contributed by atoms with Gasteiger partial charge in [-0.05, 0) is 38.1 Å². The van der Waals surface area contributed by atoms with Gasteiger partial charge >= 0.3 is 6.18 Å². The molecular formula is C22H26ClF3N6O. The number of carbonyl (C=O) groups is 1. The van der Waals surface area contributed by atoms with Crippen LogP contribution in [0.4, 0.5) is 19.1 Å². The summed E-state index contributed by atoms with van der Waals surface area (Å²) in [6, 6.07) is 7.54. The van der Waals surface area contributed by atoms with E-state index in [1.165, 1.54) is 0 Å². The zero-order chi connectivity index (χ0) is 23.8. The van der Waals surface area contributed by atoms with Crippen LogP contribution in [0.5, 0.6) is 0 Å². The second kappa shape index (κ2) is 9.34. The highest BCUT2D eigenvalue weighted by atomic mass is 35.5. The molecule has 0 saturated heterocycles. The quantitative estimate of drug-likeness (QED) is 0.477. The van der Waals surface area contributed by atoms with Crippen LogP contribution in [0.2, 0.25) is 5.02 Å².